The van der Waals surface area contributed by atoms with Crippen LogP contribution >= 0.6 is 0 Å². The Balaban J connectivity index is 4.10. The highest BCUT2D eigenvalue weighted by atomic mass is 16.6. The molecule has 0 saturated heterocycles. The molecule has 132 valence electrons. The summed E-state index contributed by atoms with van der Waals surface area (Å²) in [6.07, 6.45) is 10.8. The summed E-state index contributed by atoms with van der Waals surface area (Å²) in [6.45, 7) is 9.45. The van der Waals surface area contributed by atoms with Gasteiger partial charge in [0.05, 0.1) is 0 Å². The summed E-state index contributed by atoms with van der Waals surface area (Å²) in [6, 6.07) is -0.692. The van der Waals surface area contributed by atoms with E-state index in [9.17, 15) is 9.59 Å². The second-order valence-corrected chi connectivity index (χ2v) is 6.20. The normalized spacial score (nSPS) is 13.3. The maximum atomic E-state index is 11.9. The molecule has 0 aliphatic rings. The first-order valence-electron chi connectivity index (χ1n) is 8.26. The summed E-state index contributed by atoms with van der Waals surface area (Å²) in [5, 5.41) is 2.53. The number of ether oxygens (including phenoxy) is 2. The summed E-state index contributed by atoms with van der Waals surface area (Å²) < 4.78 is 10.3. The Hall–Kier alpha value is -1.78. The van der Waals surface area contributed by atoms with Crippen LogP contribution in [0.1, 0.15) is 60.3 Å². The average molecular weight is 325 g/mol. The van der Waals surface area contributed by atoms with Crippen LogP contribution in [0.25, 0.3) is 0 Å². The quantitative estimate of drug-likeness (QED) is 0.511. The fraction of sp³-hybridized carbons (Fsp3) is 0.667. The molecule has 5 heteroatoms. The highest BCUT2D eigenvalue weighted by Crippen LogP contribution is 2.07. The van der Waals surface area contributed by atoms with Crippen LogP contribution in [0.3, 0.4) is 0 Å². The van der Waals surface area contributed by atoms with Gasteiger partial charge >= 0.3 is 12.1 Å². The van der Waals surface area contributed by atoms with E-state index in [1.165, 1.54) is 0 Å². The van der Waals surface area contributed by atoms with Crippen molar-refractivity contribution in [2.45, 2.75) is 71.9 Å². The molecule has 0 aromatic carbocycles. The molecule has 1 N–H and O–H groups in total. The largest absolute Gasteiger partial charge is 0.460 e. The molecule has 5 nitrogen and oxygen atoms in total. The van der Waals surface area contributed by atoms with Gasteiger partial charge in [-0.05, 0) is 40.0 Å². The van der Waals surface area contributed by atoms with E-state index in [4.69, 9.17) is 9.47 Å². The molecule has 1 atom stereocenters. The molecular formula is C18H31NO4. The second-order valence-electron chi connectivity index (χ2n) is 6.20. The van der Waals surface area contributed by atoms with E-state index < -0.39 is 23.7 Å². The van der Waals surface area contributed by atoms with E-state index in [0.29, 0.717) is 6.42 Å². The number of allylic oxidation sites excluding steroid dienone is 3. The first-order chi connectivity index (χ1) is 10.8. The Morgan fingerprint density at radius 3 is 2.30 bits per heavy atom. The average Bonchev–Trinajstić information content (AvgIpc) is 2.45. The lowest BCUT2D eigenvalue weighted by molar-refractivity contribution is -0.145. The lowest BCUT2D eigenvalue weighted by Crippen LogP contribution is -2.43. The van der Waals surface area contributed by atoms with Crippen LogP contribution in [0.5, 0.6) is 0 Å². The van der Waals surface area contributed by atoms with Crippen molar-refractivity contribution in [1.29, 1.82) is 0 Å². The third-order valence-corrected chi connectivity index (χ3v) is 2.77. The van der Waals surface area contributed by atoms with Gasteiger partial charge in [0.2, 0.25) is 0 Å². The number of nitrogens with one attached hydrogen (secondary N) is 1. The zero-order valence-electron chi connectivity index (χ0n) is 15.1. The van der Waals surface area contributed by atoms with Gasteiger partial charge in [0, 0.05) is 0 Å². The summed E-state index contributed by atoms with van der Waals surface area (Å²) in [7, 11) is 0. The lowest BCUT2D eigenvalue weighted by Gasteiger charge is -2.22. The fourth-order valence-corrected chi connectivity index (χ4v) is 1.63. The molecule has 0 aliphatic heterocycles. The van der Waals surface area contributed by atoms with Crippen molar-refractivity contribution in [2.75, 3.05) is 6.61 Å². The maximum absolute atomic E-state index is 11.9. The molecule has 0 saturated carbocycles. The van der Waals surface area contributed by atoms with Crippen molar-refractivity contribution in [3.8, 4) is 0 Å². The molecular weight excluding hydrogens is 294 g/mol. The van der Waals surface area contributed by atoms with Gasteiger partial charge in [-0.15, -0.1) is 0 Å². The van der Waals surface area contributed by atoms with E-state index >= 15 is 0 Å². The van der Waals surface area contributed by atoms with E-state index in [1.807, 2.05) is 6.08 Å². The summed E-state index contributed by atoms with van der Waals surface area (Å²) in [5.41, 5.74) is -0.597. The van der Waals surface area contributed by atoms with Gasteiger partial charge in [0.25, 0.3) is 0 Å². The van der Waals surface area contributed by atoms with E-state index in [0.717, 1.165) is 19.3 Å². The standard InChI is InChI=1S/C18H31NO4/c1-6-8-9-10-11-12-13-14-22-16(20)15(7-2)19-17(21)23-18(3,4)5/h9-10,12-13,15H,6-8,11,14H2,1-5H3,(H,19,21)/b10-9-,13-12-. The van der Waals surface area contributed by atoms with Crippen molar-refractivity contribution < 1.29 is 19.1 Å². The Morgan fingerprint density at radius 1 is 1.09 bits per heavy atom. The minimum absolute atomic E-state index is 0.201. The van der Waals surface area contributed by atoms with Gasteiger partial charge in [-0.1, -0.05) is 44.6 Å². The van der Waals surface area contributed by atoms with Crippen molar-refractivity contribution >= 4 is 12.1 Å². The smallest absolute Gasteiger partial charge is 0.408 e. The lowest BCUT2D eigenvalue weighted by atomic mass is 10.2. The van der Waals surface area contributed by atoms with E-state index in [1.54, 1.807) is 33.8 Å². The summed E-state index contributed by atoms with van der Waals surface area (Å²) >= 11 is 0. The maximum Gasteiger partial charge on any atom is 0.408 e. The fourth-order valence-electron chi connectivity index (χ4n) is 1.63. The molecule has 0 radical (unpaired) electrons. The Morgan fingerprint density at radius 2 is 1.74 bits per heavy atom. The Bertz CT molecular complexity index is 408. The molecule has 1 amide bonds. The molecule has 0 aromatic rings. The Labute approximate surface area is 140 Å². The van der Waals surface area contributed by atoms with Crippen LogP contribution in [-0.4, -0.2) is 30.3 Å². The third-order valence-electron chi connectivity index (χ3n) is 2.77. The number of hydrogen-bond acceptors (Lipinski definition) is 4. The van der Waals surface area contributed by atoms with E-state index in [-0.39, 0.29) is 6.61 Å². The van der Waals surface area contributed by atoms with Crippen molar-refractivity contribution in [1.82, 2.24) is 5.32 Å². The molecule has 1 unspecified atom stereocenters. The minimum atomic E-state index is -0.692. The van der Waals surface area contributed by atoms with Crippen LogP contribution < -0.4 is 5.32 Å². The van der Waals surface area contributed by atoms with Gasteiger partial charge < -0.3 is 14.8 Å². The van der Waals surface area contributed by atoms with Crippen molar-refractivity contribution in [3.63, 3.8) is 0 Å². The molecule has 0 heterocycles. The van der Waals surface area contributed by atoms with E-state index in [2.05, 4.69) is 24.4 Å². The topological polar surface area (TPSA) is 64.6 Å². The molecule has 0 spiro atoms. The van der Waals surface area contributed by atoms with Crippen molar-refractivity contribution in [3.05, 3.63) is 24.3 Å². The van der Waals surface area contributed by atoms with Gasteiger partial charge in [-0.25, -0.2) is 9.59 Å². The zero-order valence-corrected chi connectivity index (χ0v) is 15.1. The predicted octanol–water partition coefficient (Wildman–Crippen LogP) is 4.14. The monoisotopic (exact) mass is 325 g/mol. The van der Waals surface area contributed by atoms with Gasteiger partial charge in [0.1, 0.15) is 18.2 Å². The van der Waals surface area contributed by atoms with Gasteiger partial charge in [-0.2, -0.15) is 0 Å². The van der Waals surface area contributed by atoms with Crippen molar-refractivity contribution in [2.24, 2.45) is 0 Å². The van der Waals surface area contributed by atoms with Gasteiger partial charge in [-0.3, -0.25) is 0 Å². The molecule has 0 fully saturated rings. The second kappa shape index (κ2) is 11.7. The predicted molar refractivity (Wildman–Crippen MR) is 92.2 cm³/mol. The first kappa shape index (κ1) is 21.2. The molecule has 0 aromatic heterocycles. The highest BCUT2D eigenvalue weighted by Gasteiger charge is 2.23. The molecule has 0 aliphatic carbocycles. The number of carbonyl (C=O) groups is 2. The van der Waals surface area contributed by atoms with Crippen LogP contribution in [0.4, 0.5) is 4.79 Å². The number of rotatable bonds is 9. The van der Waals surface area contributed by atoms with Crippen LogP contribution in [0.15, 0.2) is 24.3 Å². The third kappa shape index (κ3) is 12.4. The number of amides is 1. The number of carbonyl (C=O) groups excluding carboxylic acids is 2. The summed E-state index contributed by atoms with van der Waals surface area (Å²) in [4.78, 5) is 23.6. The zero-order chi connectivity index (χ0) is 17.7. The number of esters is 1. The van der Waals surface area contributed by atoms with Crippen LogP contribution in [-0.2, 0) is 14.3 Å². The van der Waals surface area contributed by atoms with Crippen LogP contribution in [0, 0.1) is 0 Å². The Kier molecular flexibility index (Phi) is 10.8. The first-order valence-corrected chi connectivity index (χ1v) is 8.26. The summed E-state index contributed by atoms with van der Waals surface area (Å²) in [5.74, 6) is -0.454. The number of unbranched alkanes of at least 4 members (excludes halogenated alkanes) is 1. The highest BCUT2D eigenvalue weighted by molar-refractivity contribution is 5.81. The van der Waals surface area contributed by atoms with Crippen LogP contribution in [0.2, 0.25) is 0 Å². The number of alkyl carbamates (subject to hydrolysis) is 1. The molecule has 0 bridgehead atoms. The molecule has 23 heavy (non-hydrogen) atoms. The van der Waals surface area contributed by atoms with Gasteiger partial charge in [0.15, 0.2) is 0 Å². The number of hydrogen-bond donors (Lipinski definition) is 1. The minimum Gasteiger partial charge on any atom is -0.460 e. The SMILES string of the molecule is CCC/C=C\C/C=C\COC(=O)C(CC)NC(=O)OC(C)(C)C. The molecule has 0 rings (SSSR count).